The Morgan fingerprint density at radius 1 is 1.32 bits per heavy atom. The Hall–Kier alpha value is -0.730. The zero-order valence-electron chi connectivity index (χ0n) is 11.0. The van der Waals surface area contributed by atoms with Crippen LogP contribution in [0.2, 0.25) is 10.0 Å². The quantitative estimate of drug-likeness (QED) is 0.869. The predicted molar refractivity (Wildman–Crippen MR) is 77.9 cm³/mol. The lowest BCUT2D eigenvalue weighted by atomic mass is 9.68. The number of carboxylic acids is 1. The summed E-state index contributed by atoms with van der Waals surface area (Å²) in [6.07, 6.45) is 3.73. The highest BCUT2D eigenvalue weighted by Gasteiger charge is 2.41. The summed E-state index contributed by atoms with van der Waals surface area (Å²) in [4.78, 5) is 11.7. The van der Waals surface area contributed by atoms with E-state index < -0.39 is 11.4 Å². The summed E-state index contributed by atoms with van der Waals surface area (Å²) in [5.41, 5.74) is 0.0593. The van der Waals surface area contributed by atoms with Crippen LogP contribution in [-0.4, -0.2) is 11.1 Å². The largest absolute Gasteiger partial charge is 0.481 e. The third-order valence-corrected chi connectivity index (χ3v) is 4.97. The first kappa shape index (κ1) is 14.7. The molecule has 19 heavy (non-hydrogen) atoms. The summed E-state index contributed by atoms with van der Waals surface area (Å²) in [5.74, 6) is -0.121. The standard InChI is InChI=1S/C15H18Cl2O2/c1-10-5-7-15(8-6-10,14(18)19)9-11-12(16)3-2-4-13(11)17/h2-4,10H,5-9H2,1H3,(H,18,19). The van der Waals surface area contributed by atoms with Crippen LogP contribution in [0.25, 0.3) is 0 Å². The SMILES string of the molecule is CC1CCC(Cc2c(Cl)cccc2Cl)(C(=O)O)CC1. The van der Waals surface area contributed by atoms with E-state index in [0.29, 0.717) is 35.2 Å². The van der Waals surface area contributed by atoms with Crippen LogP contribution in [0, 0.1) is 11.3 Å². The fourth-order valence-electron chi connectivity index (χ4n) is 2.82. The van der Waals surface area contributed by atoms with Crippen LogP contribution >= 0.6 is 23.2 Å². The van der Waals surface area contributed by atoms with E-state index in [9.17, 15) is 9.90 Å². The lowest BCUT2D eigenvalue weighted by Crippen LogP contribution is -2.37. The van der Waals surface area contributed by atoms with Crippen LogP contribution in [0.15, 0.2) is 18.2 Å². The molecule has 1 aromatic carbocycles. The molecule has 0 amide bonds. The van der Waals surface area contributed by atoms with E-state index in [2.05, 4.69) is 6.92 Å². The highest BCUT2D eigenvalue weighted by atomic mass is 35.5. The minimum atomic E-state index is -0.726. The van der Waals surface area contributed by atoms with Gasteiger partial charge in [-0.25, -0.2) is 0 Å². The number of hydrogen-bond acceptors (Lipinski definition) is 1. The van der Waals surface area contributed by atoms with Crippen molar-refractivity contribution in [2.75, 3.05) is 0 Å². The Morgan fingerprint density at radius 3 is 2.32 bits per heavy atom. The molecule has 1 aliphatic carbocycles. The van der Waals surface area contributed by atoms with Crippen molar-refractivity contribution in [3.8, 4) is 0 Å². The molecule has 0 aliphatic heterocycles. The van der Waals surface area contributed by atoms with Gasteiger partial charge in [-0.3, -0.25) is 4.79 Å². The molecule has 2 nitrogen and oxygen atoms in total. The van der Waals surface area contributed by atoms with Crippen molar-refractivity contribution >= 4 is 29.2 Å². The van der Waals surface area contributed by atoms with Gasteiger partial charge in [0.2, 0.25) is 0 Å². The molecule has 0 bridgehead atoms. The molecule has 2 rings (SSSR count). The molecule has 1 N–H and O–H groups in total. The zero-order valence-corrected chi connectivity index (χ0v) is 12.5. The average Bonchev–Trinajstić information content (AvgIpc) is 2.36. The van der Waals surface area contributed by atoms with Crippen molar-refractivity contribution < 1.29 is 9.90 Å². The van der Waals surface area contributed by atoms with Crippen LogP contribution in [0.1, 0.15) is 38.2 Å². The first-order valence-electron chi connectivity index (χ1n) is 6.61. The second-order valence-corrected chi connectivity index (χ2v) is 6.46. The lowest BCUT2D eigenvalue weighted by Gasteiger charge is -2.36. The first-order valence-corrected chi connectivity index (χ1v) is 7.36. The summed E-state index contributed by atoms with van der Waals surface area (Å²) >= 11 is 12.3. The van der Waals surface area contributed by atoms with E-state index in [1.54, 1.807) is 18.2 Å². The third-order valence-electron chi connectivity index (χ3n) is 4.26. The predicted octanol–water partition coefficient (Wildman–Crippen LogP) is 4.82. The number of carbonyl (C=O) groups is 1. The van der Waals surface area contributed by atoms with Gasteiger partial charge in [0.25, 0.3) is 0 Å². The van der Waals surface area contributed by atoms with Gasteiger partial charge in [0.1, 0.15) is 0 Å². The summed E-state index contributed by atoms with van der Waals surface area (Å²) < 4.78 is 0. The highest BCUT2D eigenvalue weighted by molar-refractivity contribution is 6.36. The number of rotatable bonds is 3. The average molecular weight is 301 g/mol. The highest BCUT2D eigenvalue weighted by Crippen LogP contribution is 2.43. The molecule has 1 aromatic rings. The Balaban J connectivity index is 2.29. The van der Waals surface area contributed by atoms with Crippen molar-refractivity contribution in [2.24, 2.45) is 11.3 Å². The van der Waals surface area contributed by atoms with Crippen molar-refractivity contribution in [2.45, 2.75) is 39.0 Å². The number of halogens is 2. The van der Waals surface area contributed by atoms with Crippen molar-refractivity contribution in [3.63, 3.8) is 0 Å². The van der Waals surface area contributed by atoms with Gasteiger partial charge in [0.15, 0.2) is 0 Å². The number of aliphatic carboxylic acids is 1. The molecule has 0 saturated heterocycles. The van der Waals surface area contributed by atoms with Gasteiger partial charge in [0.05, 0.1) is 5.41 Å². The Kier molecular flexibility index (Phi) is 4.42. The minimum Gasteiger partial charge on any atom is -0.481 e. The maximum absolute atomic E-state index is 11.7. The molecular formula is C15H18Cl2O2. The second kappa shape index (κ2) is 5.72. The maximum Gasteiger partial charge on any atom is 0.309 e. The molecule has 0 aromatic heterocycles. The number of benzene rings is 1. The lowest BCUT2D eigenvalue weighted by molar-refractivity contribution is -0.151. The van der Waals surface area contributed by atoms with Crippen LogP contribution in [0.3, 0.4) is 0 Å². The first-order chi connectivity index (χ1) is 8.94. The molecule has 1 saturated carbocycles. The molecular weight excluding hydrogens is 283 g/mol. The van der Waals surface area contributed by atoms with Gasteiger partial charge < -0.3 is 5.11 Å². The smallest absolute Gasteiger partial charge is 0.309 e. The summed E-state index contributed by atoms with van der Waals surface area (Å²) in [6, 6.07) is 5.32. The van der Waals surface area contributed by atoms with Crippen LogP contribution in [0.5, 0.6) is 0 Å². The maximum atomic E-state index is 11.7. The molecule has 4 heteroatoms. The summed E-state index contributed by atoms with van der Waals surface area (Å²) in [7, 11) is 0. The van der Waals surface area contributed by atoms with E-state index in [4.69, 9.17) is 23.2 Å². The molecule has 0 heterocycles. The monoisotopic (exact) mass is 300 g/mol. The fourth-order valence-corrected chi connectivity index (χ4v) is 3.35. The van der Waals surface area contributed by atoms with Crippen LogP contribution in [0.4, 0.5) is 0 Å². The van der Waals surface area contributed by atoms with E-state index in [1.165, 1.54) is 0 Å². The molecule has 104 valence electrons. The second-order valence-electron chi connectivity index (χ2n) is 5.64. The van der Waals surface area contributed by atoms with Crippen LogP contribution in [-0.2, 0) is 11.2 Å². The minimum absolute atomic E-state index is 0.424. The van der Waals surface area contributed by atoms with E-state index in [-0.39, 0.29) is 0 Å². The fraction of sp³-hybridized carbons (Fsp3) is 0.533. The van der Waals surface area contributed by atoms with Gasteiger partial charge in [-0.15, -0.1) is 0 Å². The normalized spacial score (nSPS) is 27.2. The molecule has 0 spiro atoms. The Bertz CT molecular complexity index is 457. The number of carboxylic acid groups (broad SMARTS) is 1. The molecule has 0 radical (unpaired) electrons. The van der Waals surface area contributed by atoms with Gasteiger partial charge in [-0.1, -0.05) is 36.2 Å². The van der Waals surface area contributed by atoms with E-state index in [0.717, 1.165) is 18.4 Å². The molecule has 0 unspecified atom stereocenters. The van der Waals surface area contributed by atoms with Gasteiger partial charge in [0, 0.05) is 10.0 Å². The van der Waals surface area contributed by atoms with Crippen molar-refractivity contribution in [1.82, 2.24) is 0 Å². The number of hydrogen-bond donors (Lipinski definition) is 1. The van der Waals surface area contributed by atoms with E-state index >= 15 is 0 Å². The molecule has 1 fully saturated rings. The van der Waals surface area contributed by atoms with Gasteiger partial charge in [-0.2, -0.15) is 0 Å². The molecule has 0 atom stereocenters. The van der Waals surface area contributed by atoms with Crippen LogP contribution < -0.4 is 0 Å². The van der Waals surface area contributed by atoms with Gasteiger partial charge >= 0.3 is 5.97 Å². The zero-order chi connectivity index (χ0) is 14.0. The van der Waals surface area contributed by atoms with Crippen molar-refractivity contribution in [3.05, 3.63) is 33.8 Å². The van der Waals surface area contributed by atoms with E-state index in [1.807, 2.05) is 0 Å². The van der Waals surface area contributed by atoms with Crippen molar-refractivity contribution in [1.29, 1.82) is 0 Å². The topological polar surface area (TPSA) is 37.3 Å². The molecule has 1 aliphatic rings. The Morgan fingerprint density at radius 2 is 1.84 bits per heavy atom. The third kappa shape index (κ3) is 3.06. The summed E-state index contributed by atoms with van der Waals surface area (Å²) in [5, 5.41) is 10.8. The summed E-state index contributed by atoms with van der Waals surface area (Å²) in [6.45, 7) is 2.17. The van der Waals surface area contributed by atoms with Gasteiger partial charge in [-0.05, 0) is 55.7 Å². The Labute approximate surface area is 123 Å².